The van der Waals surface area contributed by atoms with Gasteiger partial charge in [0.2, 0.25) is 0 Å². The van der Waals surface area contributed by atoms with Crippen molar-refractivity contribution >= 4 is 49.9 Å². The predicted octanol–water partition coefficient (Wildman–Crippen LogP) is 3.01. The quantitative estimate of drug-likeness (QED) is 0.767. The van der Waals surface area contributed by atoms with Crippen LogP contribution in [0.25, 0.3) is 10.7 Å². The lowest BCUT2D eigenvalue weighted by Crippen LogP contribution is -2.16. The summed E-state index contributed by atoms with van der Waals surface area (Å²) in [5.41, 5.74) is 0.531. The van der Waals surface area contributed by atoms with Gasteiger partial charge in [-0.05, 0) is 50.7 Å². The lowest BCUT2D eigenvalue weighted by molar-refractivity contribution is 0.180. The molecular formula is C10H8BrIN2O2S. The van der Waals surface area contributed by atoms with E-state index in [1.165, 1.54) is 11.3 Å². The summed E-state index contributed by atoms with van der Waals surface area (Å²) in [6, 6.07) is 3.84. The maximum absolute atomic E-state index is 11.7. The van der Waals surface area contributed by atoms with Crippen molar-refractivity contribution in [1.29, 1.82) is 0 Å². The molecule has 2 heterocycles. The summed E-state index contributed by atoms with van der Waals surface area (Å²) in [5, 5.41) is 0. The van der Waals surface area contributed by atoms with Crippen molar-refractivity contribution in [3.05, 3.63) is 35.5 Å². The second-order valence-corrected chi connectivity index (χ2v) is 6.75. The number of aromatic nitrogens is 2. The van der Waals surface area contributed by atoms with E-state index in [1.54, 1.807) is 7.11 Å². The highest BCUT2D eigenvalue weighted by molar-refractivity contribution is 14.1. The molecular weight excluding hydrogens is 419 g/mol. The fourth-order valence-electron chi connectivity index (χ4n) is 1.30. The zero-order chi connectivity index (χ0) is 12.4. The van der Waals surface area contributed by atoms with Crippen LogP contribution >= 0.6 is 49.9 Å². The topological polar surface area (TPSA) is 55.0 Å². The van der Waals surface area contributed by atoms with Gasteiger partial charge in [-0.1, -0.05) is 0 Å². The number of hydrogen-bond acceptors (Lipinski definition) is 4. The van der Waals surface area contributed by atoms with Crippen LogP contribution in [0.15, 0.2) is 20.7 Å². The fourth-order valence-corrected chi connectivity index (χ4v) is 3.04. The van der Waals surface area contributed by atoms with E-state index in [0.29, 0.717) is 21.7 Å². The predicted molar refractivity (Wildman–Crippen MR) is 79.3 cm³/mol. The van der Waals surface area contributed by atoms with Crippen molar-refractivity contribution < 1.29 is 4.74 Å². The Morgan fingerprint density at radius 3 is 2.94 bits per heavy atom. The van der Waals surface area contributed by atoms with Crippen LogP contribution < -0.4 is 5.56 Å². The molecule has 0 spiro atoms. The first-order valence-corrected chi connectivity index (χ1v) is 7.34. The van der Waals surface area contributed by atoms with E-state index >= 15 is 0 Å². The normalized spacial score (nSPS) is 10.8. The number of nitrogens with zero attached hydrogens (tertiary/aromatic N) is 1. The Morgan fingerprint density at radius 1 is 1.59 bits per heavy atom. The molecule has 7 heteroatoms. The number of aromatic amines is 1. The van der Waals surface area contributed by atoms with E-state index < -0.39 is 0 Å². The zero-order valence-electron chi connectivity index (χ0n) is 8.79. The summed E-state index contributed by atoms with van der Waals surface area (Å²) in [7, 11) is 1.58. The van der Waals surface area contributed by atoms with Gasteiger partial charge in [-0.25, -0.2) is 4.98 Å². The van der Waals surface area contributed by atoms with Gasteiger partial charge < -0.3 is 9.72 Å². The molecule has 4 nitrogen and oxygen atoms in total. The second-order valence-electron chi connectivity index (χ2n) is 3.21. The number of H-pyrrole nitrogens is 1. The van der Waals surface area contributed by atoms with Crippen LogP contribution in [0.3, 0.4) is 0 Å². The van der Waals surface area contributed by atoms with Crippen LogP contribution in [0.5, 0.6) is 0 Å². The van der Waals surface area contributed by atoms with Gasteiger partial charge >= 0.3 is 0 Å². The average molecular weight is 427 g/mol. The van der Waals surface area contributed by atoms with Gasteiger partial charge in [0, 0.05) is 7.11 Å². The van der Waals surface area contributed by atoms with Crippen LogP contribution in [-0.2, 0) is 11.3 Å². The second kappa shape index (κ2) is 5.59. The molecule has 2 aromatic heterocycles. The molecule has 0 aliphatic carbocycles. The number of halogens is 2. The van der Waals surface area contributed by atoms with Crippen molar-refractivity contribution in [2.75, 3.05) is 7.11 Å². The van der Waals surface area contributed by atoms with Crippen molar-refractivity contribution in [3.63, 3.8) is 0 Å². The maximum atomic E-state index is 11.7. The zero-order valence-corrected chi connectivity index (χ0v) is 13.3. The molecule has 0 aliphatic rings. The molecule has 0 unspecified atom stereocenters. The van der Waals surface area contributed by atoms with E-state index in [-0.39, 0.29) is 5.56 Å². The molecule has 0 saturated heterocycles. The van der Waals surface area contributed by atoms with Crippen molar-refractivity contribution in [3.8, 4) is 10.7 Å². The van der Waals surface area contributed by atoms with E-state index in [1.807, 2.05) is 34.7 Å². The average Bonchev–Trinajstić information content (AvgIpc) is 2.71. The fraction of sp³-hybridized carbons (Fsp3) is 0.200. The van der Waals surface area contributed by atoms with Crippen molar-refractivity contribution in [2.24, 2.45) is 0 Å². The number of methoxy groups -OCH3 is 1. The highest BCUT2D eigenvalue weighted by Crippen LogP contribution is 2.28. The van der Waals surface area contributed by atoms with Crippen LogP contribution in [0.1, 0.15) is 5.69 Å². The number of rotatable bonds is 3. The van der Waals surface area contributed by atoms with E-state index in [2.05, 4.69) is 25.9 Å². The minimum absolute atomic E-state index is 0.132. The molecule has 0 bridgehead atoms. The number of thiophene rings is 1. The molecule has 0 aliphatic heterocycles. The molecule has 0 aromatic carbocycles. The SMILES string of the molecule is COCc1nc(-c2ccc(Br)s2)[nH]c(=O)c1I. The highest BCUT2D eigenvalue weighted by atomic mass is 127. The van der Waals surface area contributed by atoms with Gasteiger partial charge in [0.05, 0.1) is 21.0 Å². The molecule has 0 saturated carbocycles. The molecule has 90 valence electrons. The lowest BCUT2D eigenvalue weighted by Gasteiger charge is -2.04. The lowest BCUT2D eigenvalue weighted by atomic mass is 10.4. The highest BCUT2D eigenvalue weighted by Gasteiger charge is 2.11. The molecule has 0 amide bonds. The molecule has 0 atom stereocenters. The summed E-state index contributed by atoms with van der Waals surface area (Å²) in [6.45, 7) is 0.335. The molecule has 1 N–H and O–H groups in total. The standard InChI is InChI=1S/C10H8BrIN2O2S/c1-16-4-5-8(12)10(15)14-9(13-5)6-2-3-7(11)17-6/h2-3H,4H2,1H3,(H,13,14,15). The number of nitrogens with one attached hydrogen (secondary N) is 1. The van der Waals surface area contributed by atoms with Gasteiger partial charge in [0.25, 0.3) is 5.56 Å². The largest absolute Gasteiger partial charge is 0.378 e. The summed E-state index contributed by atoms with van der Waals surface area (Å²) in [4.78, 5) is 19.8. The van der Waals surface area contributed by atoms with Crippen LogP contribution in [0.4, 0.5) is 0 Å². The van der Waals surface area contributed by atoms with Gasteiger partial charge in [0.1, 0.15) is 3.57 Å². The van der Waals surface area contributed by atoms with Crippen molar-refractivity contribution in [2.45, 2.75) is 6.61 Å². The Balaban J connectivity index is 2.52. The van der Waals surface area contributed by atoms with Crippen molar-refractivity contribution in [1.82, 2.24) is 9.97 Å². The van der Waals surface area contributed by atoms with E-state index in [0.717, 1.165) is 8.66 Å². The molecule has 2 rings (SSSR count). The molecule has 0 fully saturated rings. The summed E-state index contributed by atoms with van der Waals surface area (Å²) in [5.74, 6) is 0.582. The number of ether oxygens (including phenoxy) is 1. The monoisotopic (exact) mass is 426 g/mol. The molecule has 17 heavy (non-hydrogen) atoms. The molecule has 2 aromatic rings. The first kappa shape index (κ1) is 13.2. The Hall–Kier alpha value is -0.250. The summed E-state index contributed by atoms with van der Waals surface area (Å²) >= 11 is 6.88. The van der Waals surface area contributed by atoms with Crippen LogP contribution in [-0.4, -0.2) is 17.1 Å². The minimum Gasteiger partial charge on any atom is -0.378 e. The summed E-state index contributed by atoms with van der Waals surface area (Å²) in [6.07, 6.45) is 0. The smallest absolute Gasteiger partial charge is 0.264 e. The number of hydrogen-bond donors (Lipinski definition) is 1. The van der Waals surface area contributed by atoms with Crippen LogP contribution in [0, 0.1) is 3.57 Å². The maximum Gasteiger partial charge on any atom is 0.264 e. The Bertz CT molecular complexity index is 596. The van der Waals surface area contributed by atoms with E-state index in [4.69, 9.17) is 4.74 Å². The third kappa shape index (κ3) is 2.95. The molecule has 0 radical (unpaired) electrons. The Kier molecular flexibility index (Phi) is 4.34. The van der Waals surface area contributed by atoms with E-state index in [9.17, 15) is 4.79 Å². The van der Waals surface area contributed by atoms with Gasteiger partial charge in [0.15, 0.2) is 5.82 Å². The minimum atomic E-state index is -0.132. The van der Waals surface area contributed by atoms with Gasteiger partial charge in [-0.2, -0.15) is 0 Å². The Morgan fingerprint density at radius 2 is 2.35 bits per heavy atom. The third-order valence-electron chi connectivity index (χ3n) is 2.02. The summed E-state index contributed by atoms with van der Waals surface area (Å²) < 4.78 is 6.61. The van der Waals surface area contributed by atoms with Gasteiger partial charge in [-0.3, -0.25) is 4.79 Å². The van der Waals surface area contributed by atoms with Crippen LogP contribution in [0.2, 0.25) is 0 Å². The first-order chi connectivity index (χ1) is 8.11. The van der Waals surface area contributed by atoms with Gasteiger partial charge in [-0.15, -0.1) is 11.3 Å². The third-order valence-corrected chi connectivity index (χ3v) is 4.76. The Labute approximate surface area is 124 Å². The first-order valence-electron chi connectivity index (χ1n) is 4.65.